The van der Waals surface area contributed by atoms with Crippen molar-refractivity contribution < 1.29 is 4.79 Å². The van der Waals surface area contributed by atoms with E-state index in [9.17, 15) is 4.79 Å². The van der Waals surface area contributed by atoms with Crippen molar-refractivity contribution in [2.45, 2.75) is 53.1 Å². The molecule has 0 saturated carbocycles. The lowest BCUT2D eigenvalue weighted by Gasteiger charge is -2.34. The first-order chi connectivity index (χ1) is 13.4. The van der Waals surface area contributed by atoms with E-state index in [2.05, 4.69) is 63.1 Å². The van der Waals surface area contributed by atoms with Gasteiger partial charge in [0.2, 0.25) is 5.91 Å². The maximum atomic E-state index is 11.9. The second-order valence-corrected chi connectivity index (χ2v) is 8.47. The van der Waals surface area contributed by atoms with Crippen molar-refractivity contribution >= 4 is 11.9 Å². The van der Waals surface area contributed by atoms with Gasteiger partial charge in [0, 0.05) is 37.6 Å². The first-order valence-electron chi connectivity index (χ1n) is 10.5. The van der Waals surface area contributed by atoms with Gasteiger partial charge in [-0.25, -0.2) is 0 Å². The minimum Gasteiger partial charge on any atom is -0.357 e. The number of carbonyl (C=O) groups excluding carboxylic acids is 1. The highest BCUT2D eigenvalue weighted by molar-refractivity contribution is 5.81. The van der Waals surface area contributed by atoms with Crippen molar-refractivity contribution in [2.24, 2.45) is 10.4 Å². The number of likely N-dealkylation sites (tertiary alicyclic amines) is 1. The van der Waals surface area contributed by atoms with Gasteiger partial charge in [0.15, 0.2) is 5.96 Å². The van der Waals surface area contributed by atoms with Crippen LogP contribution in [0.15, 0.2) is 35.3 Å². The Morgan fingerprint density at radius 1 is 1.21 bits per heavy atom. The van der Waals surface area contributed by atoms with Crippen LogP contribution in [-0.2, 0) is 11.3 Å². The van der Waals surface area contributed by atoms with Crippen LogP contribution < -0.4 is 16.0 Å². The van der Waals surface area contributed by atoms with Crippen LogP contribution in [0.4, 0.5) is 0 Å². The fraction of sp³-hybridized carbons (Fsp3) is 0.636. The Morgan fingerprint density at radius 3 is 2.64 bits per heavy atom. The quantitative estimate of drug-likeness (QED) is 0.382. The third-order valence-corrected chi connectivity index (χ3v) is 4.79. The van der Waals surface area contributed by atoms with Gasteiger partial charge < -0.3 is 16.0 Å². The molecule has 1 fully saturated rings. The second kappa shape index (κ2) is 11.1. The van der Waals surface area contributed by atoms with Gasteiger partial charge in [-0.2, -0.15) is 0 Å². The van der Waals surface area contributed by atoms with Crippen molar-refractivity contribution in [2.75, 3.05) is 32.7 Å². The van der Waals surface area contributed by atoms with Crippen LogP contribution in [0.25, 0.3) is 0 Å². The summed E-state index contributed by atoms with van der Waals surface area (Å²) in [4.78, 5) is 19.1. The molecule has 0 spiro atoms. The summed E-state index contributed by atoms with van der Waals surface area (Å²) in [5, 5.41) is 9.84. The molecular formula is C22H37N5O. The molecule has 0 aromatic heterocycles. The zero-order valence-corrected chi connectivity index (χ0v) is 17.9. The molecule has 156 valence electrons. The fourth-order valence-electron chi connectivity index (χ4n) is 3.27. The van der Waals surface area contributed by atoms with Gasteiger partial charge in [0.25, 0.3) is 0 Å². The zero-order valence-electron chi connectivity index (χ0n) is 17.9. The first-order valence-corrected chi connectivity index (χ1v) is 10.5. The maximum absolute atomic E-state index is 11.9. The predicted octanol–water partition coefficient (Wildman–Crippen LogP) is 2.37. The predicted molar refractivity (Wildman–Crippen MR) is 116 cm³/mol. The van der Waals surface area contributed by atoms with E-state index in [1.54, 1.807) is 0 Å². The number of rotatable bonds is 7. The SMILES string of the molecule is CCNC(=NCCNC(=O)C(C)(C)C)NC1CCCN(Cc2ccccc2)C1. The van der Waals surface area contributed by atoms with Gasteiger partial charge in [-0.05, 0) is 31.9 Å². The Kier molecular flexibility index (Phi) is 8.77. The maximum Gasteiger partial charge on any atom is 0.225 e. The molecule has 28 heavy (non-hydrogen) atoms. The number of hydrogen-bond donors (Lipinski definition) is 3. The minimum atomic E-state index is -0.364. The normalized spacial score (nSPS) is 18.6. The molecule has 1 aliphatic heterocycles. The van der Waals surface area contributed by atoms with Crippen molar-refractivity contribution in [3.8, 4) is 0 Å². The molecule has 1 saturated heterocycles. The van der Waals surface area contributed by atoms with Crippen molar-refractivity contribution in [1.29, 1.82) is 0 Å². The van der Waals surface area contributed by atoms with Crippen LogP contribution in [0.3, 0.4) is 0 Å². The Morgan fingerprint density at radius 2 is 1.96 bits per heavy atom. The lowest BCUT2D eigenvalue weighted by atomic mass is 9.96. The molecule has 1 unspecified atom stereocenters. The van der Waals surface area contributed by atoms with Crippen LogP contribution in [0.2, 0.25) is 0 Å². The number of guanidine groups is 1. The van der Waals surface area contributed by atoms with E-state index in [0.717, 1.165) is 38.6 Å². The third kappa shape index (κ3) is 7.89. The van der Waals surface area contributed by atoms with Gasteiger partial charge >= 0.3 is 0 Å². The number of nitrogens with one attached hydrogen (secondary N) is 3. The molecule has 6 nitrogen and oxygen atoms in total. The number of nitrogens with zero attached hydrogens (tertiary/aromatic N) is 2. The van der Waals surface area contributed by atoms with Gasteiger partial charge in [-0.15, -0.1) is 0 Å². The molecule has 1 aliphatic rings. The summed E-state index contributed by atoms with van der Waals surface area (Å²) in [5.41, 5.74) is 0.995. The summed E-state index contributed by atoms with van der Waals surface area (Å²) in [5.74, 6) is 0.892. The highest BCUT2D eigenvalue weighted by atomic mass is 16.2. The Balaban J connectivity index is 1.82. The molecule has 1 amide bonds. The first kappa shape index (κ1) is 22.2. The summed E-state index contributed by atoms with van der Waals surface area (Å²) < 4.78 is 0. The summed E-state index contributed by atoms with van der Waals surface area (Å²) in [6.45, 7) is 12.9. The van der Waals surface area contributed by atoms with Gasteiger partial charge in [-0.1, -0.05) is 51.1 Å². The van der Waals surface area contributed by atoms with Crippen LogP contribution in [-0.4, -0.2) is 55.5 Å². The number of amides is 1. The zero-order chi connectivity index (χ0) is 20.4. The van der Waals surface area contributed by atoms with Crippen LogP contribution in [0, 0.1) is 5.41 Å². The molecule has 1 heterocycles. The van der Waals surface area contributed by atoms with Crippen molar-refractivity contribution in [3.63, 3.8) is 0 Å². The van der Waals surface area contributed by atoms with E-state index in [-0.39, 0.29) is 11.3 Å². The summed E-state index contributed by atoms with van der Waals surface area (Å²) >= 11 is 0. The molecule has 0 aliphatic carbocycles. The molecule has 1 aromatic carbocycles. The monoisotopic (exact) mass is 387 g/mol. The largest absolute Gasteiger partial charge is 0.357 e. The highest BCUT2D eigenvalue weighted by Crippen LogP contribution is 2.14. The minimum absolute atomic E-state index is 0.0597. The molecule has 2 rings (SSSR count). The van der Waals surface area contributed by atoms with E-state index < -0.39 is 0 Å². The number of piperidine rings is 1. The van der Waals surface area contributed by atoms with Gasteiger partial charge in [0.05, 0.1) is 6.54 Å². The van der Waals surface area contributed by atoms with E-state index in [0.29, 0.717) is 19.1 Å². The second-order valence-electron chi connectivity index (χ2n) is 8.47. The molecule has 6 heteroatoms. The third-order valence-electron chi connectivity index (χ3n) is 4.79. The van der Waals surface area contributed by atoms with Crippen molar-refractivity contribution in [1.82, 2.24) is 20.9 Å². The summed E-state index contributed by atoms with van der Waals surface area (Å²) in [7, 11) is 0. The molecule has 0 bridgehead atoms. The number of carbonyl (C=O) groups is 1. The lowest BCUT2D eigenvalue weighted by Crippen LogP contribution is -2.51. The van der Waals surface area contributed by atoms with Gasteiger partial charge in [-0.3, -0.25) is 14.7 Å². The Hall–Kier alpha value is -2.08. The molecule has 1 atom stereocenters. The molecule has 3 N–H and O–H groups in total. The summed E-state index contributed by atoms with van der Waals surface area (Å²) in [6, 6.07) is 11.0. The highest BCUT2D eigenvalue weighted by Gasteiger charge is 2.21. The fourth-order valence-corrected chi connectivity index (χ4v) is 3.27. The van der Waals surface area contributed by atoms with Crippen LogP contribution in [0.1, 0.15) is 46.1 Å². The smallest absolute Gasteiger partial charge is 0.225 e. The molecular weight excluding hydrogens is 350 g/mol. The molecule has 0 radical (unpaired) electrons. The summed E-state index contributed by atoms with van der Waals surface area (Å²) in [6.07, 6.45) is 2.34. The number of aliphatic imine (C=N–C) groups is 1. The standard InChI is InChI=1S/C22H37N5O/c1-5-23-21(25-14-13-24-20(28)22(2,3)4)26-19-12-9-15-27(17-19)16-18-10-7-6-8-11-18/h6-8,10-11,19H,5,9,12-17H2,1-4H3,(H,24,28)(H2,23,25,26). The van der Waals surface area contributed by atoms with E-state index in [1.807, 2.05) is 20.8 Å². The Bertz CT molecular complexity index is 624. The Labute approximate surface area is 170 Å². The van der Waals surface area contributed by atoms with E-state index in [4.69, 9.17) is 0 Å². The topological polar surface area (TPSA) is 68.8 Å². The lowest BCUT2D eigenvalue weighted by molar-refractivity contribution is -0.128. The van der Waals surface area contributed by atoms with Crippen LogP contribution >= 0.6 is 0 Å². The molecule has 1 aromatic rings. The average molecular weight is 388 g/mol. The van der Waals surface area contributed by atoms with E-state index >= 15 is 0 Å². The van der Waals surface area contributed by atoms with Crippen LogP contribution in [0.5, 0.6) is 0 Å². The van der Waals surface area contributed by atoms with Crippen molar-refractivity contribution in [3.05, 3.63) is 35.9 Å². The number of benzene rings is 1. The average Bonchev–Trinajstić information content (AvgIpc) is 2.65. The number of hydrogen-bond acceptors (Lipinski definition) is 3. The van der Waals surface area contributed by atoms with Gasteiger partial charge in [0.1, 0.15) is 0 Å². The van der Waals surface area contributed by atoms with E-state index in [1.165, 1.54) is 12.0 Å².